The van der Waals surface area contributed by atoms with Gasteiger partial charge in [0.2, 0.25) is 0 Å². The summed E-state index contributed by atoms with van der Waals surface area (Å²) < 4.78 is 5.37. The SMILES string of the molecule is CC(C)(C)OC(=O)N1CCC(C=O)(c2ccccc2)C1. The van der Waals surface area contributed by atoms with E-state index in [4.69, 9.17) is 4.74 Å². The molecule has 1 aliphatic rings. The standard InChI is InChI=1S/C16H21NO3/c1-15(2,3)20-14(19)17-10-9-16(11-17,12-18)13-7-5-4-6-8-13/h4-8,12H,9-11H2,1-3H3. The zero-order valence-corrected chi connectivity index (χ0v) is 12.3. The van der Waals surface area contributed by atoms with E-state index in [2.05, 4.69) is 0 Å². The molecule has 2 rings (SSSR count). The van der Waals surface area contributed by atoms with Crippen molar-refractivity contribution in [1.82, 2.24) is 4.90 Å². The summed E-state index contributed by atoms with van der Waals surface area (Å²) in [6.45, 7) is 6.44. The van der Waals surface area contributed by atoms with Crippen molar-refractivity contribution in [2.75, 3.05) is 13.1 Å². The Hall–Kier alpha value is -1.84. The molecule has 1 heterocycles. The van der Waals surface area contributed by atoms with Crippen LogP contribution in [0.4, 0.5) is 4.79 Å². The van der Waals surface area contributed by atoms with Gasteiger partial charge in [0.25, 0.3) is 0 Å². The van der Waals surface area contributed by atoms with Crippen LogP contribution in [0.1, 0.15) is 32.8 Å². The number of benzene rings is 1. The van der Waals surface area contributed by atoms with Gasteiger partial charge in [-0.2, -0.15) is 0 Å². The fraction of sp³-hybridized carbons (Fsp3) is 0.500. The van der Waals surface area contributed by atoms with E-state index in [0.29, 0.717) is 19.5 Å². The van der Waals surface area contributed by atoms with E-state index in [1.54, 1.807) is 4.90 Å². The summed E-state index contributed by atoms with van der Waals surface area (Å²) in [5.74, 6) is 0. The highest BCUT2D eigenvalue weighted by Crippen LogP contribution is 2.33. The predicted molar refractivity (Wildman–Crippen MR) is 76.6 cm³/mol. The molecular formula is C16H21NO3. The Morgan fingerprint density at radius 3 is 2.50 bits per heavy atom. The molecule has 0 aromatic heterocycles. The van der Waals surface area contributed by atoms with Gasteiger partial charge in [-0.3, -0.25) is 0 Å². The van der Waals surface area contributed by atoms with Gasteiger partial charge >= 0.3 is 6.09 Å². The minimum Gasteiger partial charge on any atom is -0.444 e. The van der Waals surface area contributed by atoms with Crippen molar-refractivity contribution in [2.45, 2.75) is 38.2 Å². The summed E-state index contributed by atoms with van der Waals surface area (Å²) in [5, 5.41) is 0. The van der Waals surface area contributed by atoms with Crippen molar-refractivity contribution >= 4 is 12.4 Å². The molecule has 20 heavy (non-hydrogen) atoms. The Morgan fingerprint density at radius 1 is 1.30 bits per heavy atom. The highest BCUT2D eigenvalue weighted by molar-refractivity contribution is 5.75. The van der Waals surface area contributed by atoms with Gasteiger partial charge in [0.1, 0.15) is 11.9 Å². The highest BCUT2D eigenvalue weighted by Gasteiger charge is 2.42. The third kappa shape index (κ3) is 3.00. The first kappa shape index (κ1) is 14.6. The number of likely N-dealkylation sites (tertiary alicyclic amines) is 1. The van der Waals surface area contributed by atoms with Crippen LogP contribution in [0.2, 0.25) is 0 Å². The molecule has 4 heteroatoms. The molecule has 1 unspecified atom stereocenters. The first-order valence-electron chi connectivity index (χ1n) is 6.86. The maximum absolute atomic E-state index is 12.1. The fourth-order valence-electron chi connectivity index (χ4n) is 2.49. The molecule has 1 aliphatic heterocycles. The summed E-state index contributed by atoms with van der Waals surface area (Å²) in [4.78, 5) is 25.3. The Labute approximate surface area is 119 Å². The molecule has 0 bridgehead atoms. The first-order chi connectivity index (χ1) is 9.36. The molecule has 1 aromatic rings. The van der Waals surface area contributed by atoms with Crippen LogP contribution in [0.15, 0.2) is 30.3 Å². The fourth-order valence-corrected chi connectivity index (χ4v) is 2.49. The van der Waals surface area contributed by atoms with Gasteiger partial charge in [-0.1, -0.05) is 30.3 Å². The van der Waals surface area contributed by atoms with Crippen LogP contribution in [0.3, 0.4) is 0 Å². The van der Waals surface area contributed by atoms with Gasteiger partial charge in [0.15, 0.2) is 0 Å². The molecule has 0 radical (unpaired) electrons. The molecule has 1 atom stereocenters. The van der Waals surface area contributed by atoms with E-state index >= 15 is 0 Å². The van der Waals surface area contributed by atoms with Gasteiger partial charge in [-0.05, 0) is 32.8 Å². The second-order valence-corrected chi connectivity index (χ2v) is 6.29. The van der Waals surface area contributed by atoms with Crippen LogP contribution in [0.25, 0.3) is 0 Å². The minimum atomic E-state index is -0.599. The Morgan fingerprint density at radius 2 is 1.95 bits per heavy atom. The van der Waals surface area contributed by atoms with Gasteiger partial charge in [0, 0.05) is 13.1 Å². The van der Waals surface area contributed by atoms with E-state index in [1.165, 1.54) is 0 Å². The lowest BCUT2D eigenvalue weighted by atomic mass is 9.81. The second-order valence-electron chi connectivity index (χ2n) is 6.29. The maximum Gasteiger partial charge on any atom is 0.410 e. The first-order valence-corrected chi connectivity index (χ1v) is 6.86. The number of nitrogens with zero attached hydrogens (tertiary/aromatic N) is 1. The smallest absolute Gasteiger partial charge is 0.410 e. The second kappa shape index (κ2) is 5.27. The van der Waals surface area contributed by atoms with Crippen molar-refractivity contribution in [3.05, 3.63) is 35.9 Å². The third-order valence-corrected chi connectivity index (χ3v) is 3.53. The molecule has 1 saturated heterocycles. The zero-order valence-electron chi connectivity index (χ0n) is 12.3. The van der Waals surface area contributed by atoms with Crippen molar-refractivity contribution in [3.63, 3.8) is 0 Å². The van der Waals surface area contributed by atoms with Crippen LogP contribution in [-0.2, 0) is 14.9 Å². The largest absolute Gasteiger partial charge is 0.444 e. The van der Waals surface area contributed by atoms with E-state index < -0.39 is 11.0 Å². The molecule has 1 aromatic carbocycles. The Kier molecular flexibility index (Phi) is 3.84. The van der Waals surface area contributed by atoms with Crippen molar-refractivity contribution in [2.24, 2.45) is 0 Å². The minimum absolute atomic E-state index is 0.350. The lowest BCUT2D eigenvalue weighted by Gasteiger charge is -2.26. The summed E-state index contributed by atoms with van der Waals surface area (Å²) in [5.41, 5.74) is -0.157. The number of rotatable bonds is 2. The average molecular weight is 275 g/mol. The highest BCUT2D eigenvalue weighted by atomic mass is 16.6. The maximum atomic E-state index is 12.1. The number of hydrogen-bond acceptors (Lipinski definition) is 3. The molecule has 1 amide bonds. The molecule has 1 fully saturated rings. The number of ether oxygens (including phenoxy) is 1. The number of aldehydes is 1. The predicted octanol–water partition coefficient (Wildman–Crippen LogP) is 2.76. The number of carbonyl (C=O) groups is 2. The third-order valence-electron chi connectivity index (χ3n) is 3.53. The molecule has 4 nitrogen and oxygen atoms in total. The average Bonchev–Trinajstić information content (AvgIpc) is 2.84. The van der Waals surface area contributed by atoms with Crippen LogP contribution in [0, 0.1) is 0 Å². The van der Waals surface area contributed by atoms with Gasteiger partial charge in [-0.25, -0.2) is 4.79 Å². The number of amides is 1. The summed E-state index contributed by atoms with van der Waals surface area (Å²) in [6.07, 6.45) is 1.25. The van der Waals surface area contributed by atoms with Gasteiger partial charge < -0.3 is 14.4 Å². The number of hydrogen-bond donors (Lipinski definition) is 0. The van der Waals surface area contributed by atoms with Crippen molar-refractivity contribution in [3.8, 4) is 0 Å². The van der Waals surface area contributed by atoms with E-state index in [1.807, 2.05) is 51.1 Å². The molecule has 0 spiro atoms. The zero-order chi connectivity index (χ0) is 14.8. The van der Waals surface area contributed by atoms with Gasteiger partial charge in [-0.15, -0.1) is 0 Å². The van der Waals surface area contributed by atoms with E-state index in [-0.39, 0.29) is 6.09 Å². The summed E-state index contributed by atoms with van der Waals surface area (Å²) >= 11 is 0. The van der Waals surface area contributed by atoms with Crippen LogP contribution >= 0.6 is 0 Å². The normalized spacial score (nSPS) is 22.6. The molecule has 108 valence electrons. The molecule has 0 aliphatic carbocycles. The quantitative estimate of drug-likeness (QED) is 0.780. The summed E-state index contributed by atoms with van der Waals surface area (Å²) in [7, 11) is 0. The molecular weight excluding hydrogens is 254 g/mol. The van der Waals surface area contributed by atoms with E-state index in [9.17, 15) is 9.59 Å². The topological polar surface area (TPSA) is 46.6 Å². The van der Waals surface area contributed by atoms with Crippen molar-refractivity contribution in [1.29, 1.82) is 0 Å². The monoisotopic (exact) mass is 275 g/mol. The Balaban J connectivity index is 2.14. The van der Waals surface area contributed by atoms with Crippen LogP contribution in [-0.4, -0.2) is 36.0 Å². The van der Waals surface area contributed by atoms with Crippen LogP contribution < -0.4 is 0 Å². The molecule has 0 N–H and O–H groups in total. The van der Waals surface area contributed by atoms with Gasteiger partial charge in [0.05, 0.1) is 5.41 Å². The number of carbonyl (C=O) groups excluding carboxylic acids is 2. The van der Waals surface area contributed by atoms with Crippen LogP contribution in [0.5, 0.6) is 0 Å². The Bertz CT molecular complexity index is 492. The lowest BCUT2D eigenvalue weighted by molar-refractivity contribution is -0.112. The lowest BCUT2D eigenvalue weighted by Crippen LogP contribution is -2.38. The van der Waals surface area contributed by atoms with Crippen molar-refractivity contribution < 1.29 is 14.3 Å². The summed E-state index contributed by atoms with van der Waals surface area (Å²) in [6, 6.07) is 9.62. The van der Waals surface area contributed by atoms with E-state index in [0.717, 1.165) is 11.8 Å². The molecule has 0 saturated carbocycles.